The molecule has 0 unspecified atom stereocenters. The number of aromatic hydroxyl groups is 1. The molecule has 1 N–H and O–H groups in total. The first-order valence-electron chi connectivity index (χ1n) is 15.1. The Balaban J connectivity index is 0.00000372. The van der Waals surface area contributed by atoms with E-state index in [1.807, 2.05) is 54.7 Å². The first kappa shape index (κ1) is 31.0. The van der Waals surface area contributed by atoms with Gasteiger partial charge in [-0.05, 0) is 96.2 Å². The zero-order valence-corrected chi connectivity index (χ0v) is 28.1. The van der Waals surface area contributed by atoms with Gasteiger partial charge in [-0.2, -0.15) is 0 Å². The van der Waals surface area contributed by atoms with Gasteiger partial charge in [-0.1, -0.05) is 78.4 Å². The fourth-order valence-electron chi connectivity index (χ4n) is 6.28. The van der Waals surface area contributed by atoms with Crippen molar-refractivity contribution in [1.82, 2.24) is 9.97 Å². The van der Waals surface area contributed by atoms with Gasteiger partial charge >= 0.3 is 0 Å². The summed E-state index contributed by atoms with van der Waals surface area (Å²) in [5.74, 6) is 0.991. The van der Waals surface area contributed by atoms with Gasteiger partial charge in [0.1, 0.15) is 11.6 Å². The fourth-order valence-corrected chi connectivity index (χ4v) is 6.28. The van der Waals surface area contributed by atoms with Crippen LogP contribution in [0, 0.1) is 26.8 Å². The van der Waals surface area contributed by atoms with Crippen molar-refractivity contribution in [3.05, 3.63) is 156 Å². The number of hydrogen-bond acceptors (Lipinski definition) is 4. The van der Waals surface area contributed by atoms with Crippen LogP contribution in [0.1, 0.15) is 16.7 Å². The van der Waals surface area contributed by atoms with E-state index >= 15 is 0 Å². The molecule has 0 aliphatic carbocycles. The van der Waals surface area contributed by atoms with Crippen LogP contribution in [-0.2, 0) is 21.1 Å². The second-order valence-corrected chi connectivity index (χ2v) is 11.4. The minimum atomic E-state index is 0. The first-order valence-corrected chi connectivity index (χ1v) is 15.1. The van der Waals surface area contributed by atoms with Gasteiger partial charge in [0.05, 0.1) is 11.4 Å². The SMILES string of the molecule is Cc1cc(C)c(-c2cc(-c3[c-]c(N(c4ccccn4)c4cccc5ccccc45)ccc3)nc(-c3ccccc3O)c2)c(C)c1.[Pt]. The number of fused-ring (bicyclic) bond motifs is 1. The summed E-state index contributed by atoms with van der Waals surface area (Å²) >= 11 is 0. The van der Waals surface area contributed by atoms with E-state index in [0.29, 0.717) is 11.3 Å². The Kier molecular flexibility index (Phi) is 8.83. The van der Waals surface area contributed by atoms with Crippen LogP contribution in [0.5, 0.6) is 5.75 Å². The van der Waals surface area contributed by atoms with Crippen molar-refractivity contribution in [1.29, 1.82) is 0 Å². The Labute approximate surface area is 284 Å². The van der Waals surface area contributed by atoms with E-state index in [9.17, 15) is 5.11 Å². The summed E-state index contributed by atoms with van der Waals surface area (Å²) in [6.07, 6.45) is 1.81. The van der Waals surface area contributed by atoms with Gasteiger partial charge in [-0.25, -0.2) is 4.98 Å². The van der Waals surface area contributed by atoms with Gasteiger partial charge in [-0.15, -0.1) is 29.8 Å². The predicted molar refractivity (Wildman–Crippen MR) is 185 cm³/mol. The molecule has 0 saturated heterocycles. The molecular weight excluding hydrogens is 746 g/mol. The summed E-state index contributed by atoms with van der Waals surface area (Å²) in [7, 11) is 0. The Morgan fingerprint density at radius 1 is 0.674 bits per heavy atom. The van der Waals surface area contributed by atoms with E-state index in [2.05, 4.69) is 105 Å². The molecule has 228 valence electrons. The third-order valence-corrected chi connectivity index (χ3v) is 8.15. The van der Waals surface area contributed by atoms with E-state index in [1.165, 1.54) is 22.3 Å². The van der Waals surface area contributed by atoms with E-state index in [0.717, 1.165) is 44.8 Å². The standard InChI is InChI=1S/C41H32N3O.Pt/c1-27-22-28(2)41(29(3)23-27)32-25-36(43-37(26-32)35-17-6-7-19-39(35)45)31-14-10-15-33(24-31)44(40-20-8-9-21-42-40)38-18-11-13-30-12-4-5-16-34(30)38;/h4-23,25-26,45H,1-3H3;/q-1;. The molecule has 46 heavy (non-hydrogen) atoms. The summed E-state index contributed by atoms with van der Waals surface area (Å²) in [6, 6.07) is 46.5. The summed E-state index contributed by atoms with van der Waals surface area (Å²) in [4.78, 5) is 12.0. The molecule has 2 aromatic heterocycles. The van der Waals surface area contributed by atoms with Crippen molar-refractivity contribution in [3.8, 4) is 39.4 Å². The molecule has 0 bridgehead atoms. The topological polar surface area (TPSA) is 49.2 Å². The van der Waals surface area contributed by atoms with Crippen LogP contribution in [-0.4, -0.2) is 15.1 Å². The molecule has 0 atom stereocenters. The van der Waals surface area contributed by atoms with Crippen LogP contribution >= 0.6 is 0 Å². The first-order chi connectivity index (χ1) is 22.0. The Morgan fingerprint density at radius 3 is 2.15 bits per heavy atom. The third kappa shape index (κ3) is 5.97. The molecule has 0 spiro atoms. The summed E-state index contributed by atoms with van der Waals surface area (Å²) < 4.78 is 0. The number of phenolic OH excluding ortho intramolecular Hbond substituents is 1. The maximum absolute atomic E-state index is 10.8. The zero-order valence-electron chi connectivity index (χ0n) is 25.8. The molecule has 5 aromatic carbocycles. The fraction of sp³-hybridized carbons (Fsp3) is 0.0732. The minimum absolute atomic E-state index is 0. The number of pyridine rings is 2. The maximum atomic E-state index is 10.8. The van der Waals surface area contributed by atoms with E-state index in [1.54, 1.807) is 6.07 Å². The van der Waals surface area contributed by atoms with Crippen molar-refractivity contribution in [2.75, 3.05) is 4.90 Å². The molecule has 2 heterocycles. The number of anilines is 3. The normalized spacial score (nSPS) is 10.8. The third-order valence-electron chi connectivity index (χ3n) is 8.15. The molecule has 0 aliphatic rings. The predicted octanol–water partition coefficient (Wildman–Crippen LogP) is 10.5. The van der Waals surface area contributed by atoms with Crippen molar-refractivity contribution in [2.24, 2.45) is 0 Å². The molecule has 0 saturated carbocycles. The van der Waals surface area contributed by atoms with Gasteiger partial charge in [0.2, 0.25) is 0 Å². The maximum Gasteiger partial charge on any atom is 0.136 e. The van der Waals surface area contributed by atoms with Crippen LogP contribution in [0.25, 0.3) is 44.4 Å². The molecule has 7 aromatic rings. The number of phenols is 1. The molecule has 0 radical (unpaired) electrons. The largest absolute Gasteiger partial charge is 0.507 e. The summed E-state index contributed by atoms with van der Waals surface area (Å²) in [6.45, 7) is 6.42. The minimum Gasteiger partial charge on any atom is -0.507 e. The molecule has 7 rings (SSSR count). The van der Waals surface area contributed by atoms with Gasteiger partial charge in [0.15, 0.2) is 0 Å². The Hall–Kier alpha value is -5.05. The number of aromatic nitrogens is 2. The van der Waals surface area contributed by atoms with Crippen molar-refractivity contribution < 1.29 is 26.2 Å². The Bertz CT molecular complexity index is 2150. The molecule has 5 heteroatoms. The second-order valence-electron chi connectivity index (χ2n) is 11.4. The average Bonchev–Trinajstić information content (AvgIpc) is 3.05. The number of benzene rings is 5. The number of rotatable bonds is 6. The Morgan fingerprint density at radius 2 is 1.37 bits per heavy atom. The van der Waals surface area contributed by atoms with Crippen molar-refractivity contribution in [2.45, 2.75) is 20.8 Å². The molecule has 0 amide bonds. The molecule has 4 nitrogen and oxygen atoms in total. The van der Waals surface area contributed by atoms with Crippen LogP contribution in [0.15, 0.2) is 134 Å². The number of para-hydroxylation sites is 1. The van der Waals surface area contributed by atoms with Crippen molar-refractivity contribution in [3.63, 3.8) is 0 Å². The molecule has 0 aliphatic heterocycles. The van der Waals surface area contributed by atoms with Gasteiger partial charge in [0.25, 0.3) is 0 Å². The van der Waals surface area contributed by atoms with Crippen LogP contribution in [0.3, 0.4) is 0 Å². The summed E-state index contributed by atoms with van der Waals surface area (Å²) in [5, 5.41) is 13.1. The van der Waals surface area contributed by atoms with E-state index < -0.39 is 0 Å². The van der Waals surface area contributed by atoms with Crippen LogP contribution in [0.4, 0.5) is 17.2 Å². The van der Waals surface area contributed by atoms with Gasteiger partial charge < -0.3 is 10.0 Å². The average molecular weight is 778 g/mol. The quantitative estimate of drug-likeness (QED) is 0.171. The molecule has 0 fully saturated rings. The van der Waals surface area contributed by atoms with Gasteiger partial charge in [-0.3, -0.25) is 4.98 Å². The zero-order chi connectivity index (χ0) is 30.9. The van der Waals surface area contributed by atoms with Crippen LogP contribution in [0.2, 0.25) is 0 Å². The van der Waals surface area contributed by atoms with E-state index in [4.69, 9.17) is 9.97 Å². The second kappa shape index (κ2) is 13.1. The number of aryl methyl sites for hydroxylation is 3. The number of hydrogen-bond donors (Lipinski definition) is 1. The van der Waals surface area contributed by atoms with Crippen LogP contribution < -0.4 is 4.90 Å². The smallest absolute Gasteiger partial charge is 0.136 e. The van der Waals surface area contributed by atoms with Crippen molar-refractivity contribution >= 4 is 28.0 Å². The number of nitrogens with zero attached hydrogens (tertiary/aromatic N) is 3. The van der Waals surface area contributed by atoms with Gasteiger partial charge in [0, 0.05) is 38.2 Å². The molecular formula is C41H32N3OPt-. The summed E-state index contributed by atoms with van der Waals surface area (Å²) in [5.41, 5.74) is 10.7. The van der Waals surface area contributed by atoms with E-state index in [-0.39, 0.29) is 26.8 Å². The monoisotopic (exact) mass is 777 g/mol.